The van der Waals surface area contributed by atoms with Crippen LogP contribution in [-0.4, -0.2) is 86.6 Å². The number of hydrogen-bond donors (Lipinski definition) is 2. The van der Waals surface area contributed by atoms with E-state index in [-0.39, 0.29) is 56.2 Å². The number of aromatic nitrogens is 1. The van der Waals surface area contributed by atoms with E-state index in [2.05, 4.69) is 55.3 Å². The fourth-order valence-electron chi connectivity index (χ4n) is 6.36. The van der Waals surface area contributed by atoms with Crippen molar-refractivity contribution in [2.24, 2.45) is 5.41 Å². The average Bonchev–Trinajstić information content (AvgIpc) is 3.17. The maximum absolute atomic E-state index is 13.9. The highest BCUT2D eigenvalue weighted by Crippen LogP contribution is 2.31. The lowest BCUT2D eigenvalue weighted by Crippen LogP contribution is -2.44. The number of carboxylic acid groups (broad SMARTS) is 1. The van der Waals surface area contributed by atoms with Gasteiger partial charge in [0.2, 0.25) is 5.91 Å². The third-order valence-corrected chi connectivity index (χ3v) is 9.53. The van der Waals surface area contributed by atoms with Crippen LogP contribution in [0.2, 0.25) is 0 Å². The number of aryl methyl sites for hydroxylation is 2. The molecule has 0 aliphatic carbocycles. The Morgan fingerprint density at radius 2 is 1.43 bits per heavy atom. The van der Waals surface area contributed by atoms with Crippen molar-refractivity contribution in [3.63, 3.8) is 0 Å². The quantitative estimate of drug-likeness (QED) is 0.0608. The highest BCUT2D eigenvalue weighted by Gasteiger charge is 2.27. The van der Waals surface area contributed by atoms with Crippen LogP contribution < -0.4 is 5.32 Å². The number of Topliss-reactive ketones (excluding diaryl/α,β-unsaturated/α-hetero) is 1. The van der Waals surface area contributed by atoms with Gasteiger partial charge in [-0.15, -0.1) is 0 Å². The van der Waals surface area contributed by atoms with E-state index in [4.69, 9.17) is 18.9 Å². The summed E-state index contributed by atoms with van der Waals surface area (Å²) in [5, 5.41) is 15.0. The zero-order valence-electron chi connectivity index (χ0n) is 33.6. The molecule has 1 aromatic heterocycles. The van der Waals surface area contributed by atoms with Gasteiger partial charge in [-0.1, -0.05) is 87.5 Å². The maximum atomic E-state index is 13.9. The van der Waals surface area contributed by atoms with E-state index >= 15 is 0 Å². The highest BCUT2D eigenvalue weighted by molar-refractivity contribution is 5.96. The van der Waals surface area contributed by atoms with Crippen molar-refractivity contribution in [2.75, 3.05) is 52.9 Å². The molecule has 0 unspecified atom stereocenters. The van der Waals surface area contributed by atoms with Gasteiger partial charge >= 0.3 is 5.97 Å². The fraction of sp³-hybridized carbons (Fsp3) is 0.478. The summed E-state index contributed by atoms with van der Waals surface area (Å²) < 4.78 is 22.7. The molecule has 2 N–H and O–H groups in total. The van der Waals surface area contributed by atoms with Gasteiger partial charge in [0.25, 0.3) is 0 Å². The number of hydrogen-bond acceptors (Lipinski definition) is 8. The molecule has 4 rings (SSSR count). The van der Waals surface area contributed by atoms with E-state index in [1.165, 1.54) is 0 Å². The molecule has 10 nitrogen and oxygen atoms in total. The van der Waals surface area contributed by atoms with Crippen molar-refractivity contribution < 1.29 is 38.4 Å². The minimum atomic E-state index is -1.00. The summed E-state index contributed by atoms with van der Waals surface area (Å²) >= 11 is 0. The number of amides is 1. The number of carbonyl (C=O) groups excluding carboxylic acids is 2. The zero-order valence-corrected chi connectivity index (χ0v) is 33.6. The molecule has 302 valence electrons. The Balaban J connectivity index is 1.31. The Kier molecular flexibility index (Phi) is 18.6. The molecule has 3 aromatic carbocycles. The second-order valence-electron chi connectivity index (χ2n) is 15.5. The lowest BCUT2D eigenvalue weighted by atomic mass is 9.87. The van der Waals surface area contributed by atoms with Gasteiger partial charge in [-0.05, 0) is 83.2 Å². The summed E-state index contributed by atoms with van der Waals surface area (Å²) in [6, 6.07) is 25.1. The summed E-state index contributed by atoms with van der Waals surface area (Å²) in [6.07, 6.45) is 4.89. The molecular formula is C46H60N2O8. The Bertz CT molecular complexity index is 1800. The van der Waals surface area contributed by atoms with Gasteiger partial charge < -0.3 is 29.4 Å². The van der Waals surface area contributed by atoms with Gasteiger partial charge in [-0.25, -0.2) is 0 Å². The van der Waals surface area contributed by atoms with Gasteiger partial charge in [-0.2, -0.15) is 0 Å². The monoisotopic (exact) mass is 768 g/mol. The van der Waals surface area contributed by atoms with Gasteiger partial charge in [0.15, 0.2) is 5.78 Å². The average molecular weight is 769 g/mol. The van der Waals surface area contributed by atoms with Gasteiger partial charge in [0.05, 0.1) is 52.7 Å². The summed E-state index contributed by atoms with van der Waals surface area (Å²) in [6.45, 7) is 11.6. The molecule has 0 saturated heterocycles. The molecule has 1 amide bonds. The number of ketones is 1. The first kappa shape index (κ1) is 44.2. The number of carboxylic acids is 1. The zero-order chi connectivity index (χ0) is 40.2. The summed E-state index contributed by atoms with van der Waals surface area (Å²) in [7, 11) is 0. The molecule has 4 aromatic rings. The number of ether oxygens (including phenoxy) is 4. The van der Waals surface area contributed by atoms with E-state index in [1.54, 1.807) is 6.20 Å². The van der Waals surface area contributed by atoms with E-state index in [0.29, 0.717) is 39.5 Å². The van der Waals surface area contributed by atoms with Crippen molar-refractivity contribution in [1.29, 1.82) is 0 Å². The SMILES string of the molecule is Cc1ccnc(CCCCC(=O)N[C@@H](COCCOCCOCCOCCC(C)(C)C)C(=O)C[C@@H](CC(=O)O)c2ccc(-c3cccc4ccccc34)cc2)c1. The third-order valence-electron chi connectivity index (χ3n) is 9.53. The molecule has 0 aliphatic heterocycles. The summed E-state index contributed by atoms with van der Waals surface area (Å²) in [5.74, 6) is -2.13. The van der Waals surface area contributed by atoms with E-state index in [9.17, 15) is 19.5 Å². The summed E-state index contributed by atoms with van der Waals surface area (Å²) in [5.41, 5.74) is 5.18. The minimum absolute atomic E-state index is 0.0522. The highest BCUT2D eigenvalue weighted by atomic mass is 16.6. The van der Waals surface area contributed by atoms with Crippen molar-refractivity contribution in [3.8, 4) is 11.1 Å². The largest absolute Gasteiger partial charge is 0.481 e. The number of nitrogens with zero attached hydrogens (tertiary/aromatic N) is 1. The van der Waals surface area contributed by atoms with E-state index < -0.39 is 17.9 Å². The Labute approximate surface area is 332 Å². The predicted molar refractivity (Wildman–Crippen MR) is 220 cm³/mol. The van der Waals surface area contributed by atoms with Crippen LogP contribution >= 0.6 is 0 Å². The van der Waals surface area contributed by atoms with Gasteiger partial charge in [0, 0.05) is 37.3 Å². The van der Waals surface area contributed by atoms with Crippen LogP contribution in [-0.2, 0) is 39.8 Å². The first-order valence-electron chi connectivity index (χ1n) is 19.8. The Morgan fingerprint density at radius 1 is 0.768 bits per heavy atom. The molecule has 0 spiro atoms. The number of rotatable bonds is 26. The standard InChI is InChI=1S/C46H60N2O8/c1-34-20-22-47-39(30-34)12-6-8-15-44(50)48-42(33-56-29-28-55-27-26-54-25-24-53-23-21-46(2,3)4)43(49)31-38(32-45(51)52)35-16-18-37(19-17-35)41-14-9-11-36-10-5-7-13-40(36)41/h5,7,9-11,13-14,16-20,22,30,38,42H,6,8,12,15,21,23-29,31-33H2,1-4H3,(H,48,50)(H,51,52)/t38-,42-/m0/s1. The molecule has 0 bridgehead atoms. The van der Waals surface area contributed by atoms with Crippen molar-refractivity contribution in [2.45, 2.75) is 84.6 Å². The number of pyridine rings is 1. The van der Waals surface area contributed by atoms with Gasteiger partial charge in [0.1, 0.15) is 6.04 Å². The van der Waals surface area contributed by atoms with Crippen molar-refractivity contribution in [3.05, 3.63) is 102 Å². The molecule has 1 heterocycles. The third kappa shape index (κ3) is 16.3. The smallest absolute Gasteiger partial charge is 0.303 e. The molecule has 0 radical (unpaired) electrons. The lowest BCUT2D eigenvalue weighted by Gasteiger charge is -2.22. The molecule has 2 atom stereocenters. The topological polar surface area (TPSA) is 133 Å². The number of carbonyl (C=O) groups is 3. The fourth-order valence-corrected chi connectivity index (χ4v) is 6.36. The molecule has 0 fully saturated rings. The number of unbranched alkanes of at least 4 members (excludes halogenated alkanes) is 1. The molecular weight excluding hydrogens is 709 g/mol. The molecule has 0 aliphatic rings. The normalized spacial score (nSPS) is 12.7. The van der Waals surface area contributed by atoms with Crippen molar-refractivity contribution in [1.82, 2.24) is 10.3 Å². The van der Waals surface area contributed by atoms with Crippen LogP contribution in [0.25, 0.3) is 21.9 Å². The second-order valence-corrected chi connectivity index (χ2v) is 15.5. The number of aliphatic carboxylic acids is 1. The first-order chi connectivity index (χ1) is 27.0. The van der Waals surface area contributed by atoms with Crippen LogP contribution in [0.5, 0.6) is 0 Å². The second kappa shape index (κ2) is 23.6. The maximum Gasteiger partial charge on any atom is 0.303 e. The molecule has 56 heavy (non-hydrogen) atoms. The van der Waals surface area contributed by atoms with Crippen LogP contribution in [0.3, 0.4) is 0 Å². The van der Waals surface area contributed by atoms with E-state index in [0.717, 1.165) is 58.0 Å². The van der Waals surface area contributed by atoms with Crippen LogP contribution in [0.15, 0.2) is 85.1 Å². The van der Waals surface area contributed by atoms with Gasteiger partial charge in [-0.3, -0.25) is 19.4 Å². The predicted octanol–water partition coefficient (Wildman–Crippen LogP) is 8.13. The van der Waals surface area contributed by atoms with Crippen LogP contribution in [0.1, 0.15) is 82.0 Å². The first-order valence-corrected chi connectivity index (χ1v) is 19.8. The van der Waals surface area contributed by atoms with Crippen molar-refractivity contribution >= 4 is 28.4 Å². The summed E-state index contributed by atoms with van der Waals surface area (Å²) in [4.78, 5) is 43.4. The number of nitrogens with one attached hydrogen (secondary N) is 1. The van der Waals surface area contributed by atoms with Crippen LogP contribution in [0.4, 0.5) is 0 Å². The van der Waals surface area contributed by atoms with E-state index in [1.807, 2.05) is 61.5 Å². The lowest BCUT2D eigenvalue weighted by molar-refractivity contribution is -0.137. The molecule has 0 saturated carbocycles. The van der Waals surface area contributed by atoms with Crippen LogP contribution in [0, 0.1) is 12.3 Å². The number of benzene rings is 3. The molecule has 10 heteroatoms. The minimum Gasteiger partial charge on any atom is -0.481 e. The number of fused-ring (bicyclic) bond motifs is 1. The Hall–Kier alpha value is -4.48. The Morgan fingerprint density at radius 3 is 2.11 bits per heavy atom.